The number of hydrogen-bond donors (Lipinski definition) is 1. The molecule has 0 aromatic carbocycles. The van der Waals surface area contributed by atoms with E-state index in [1.54, 1.807) is 6.20 Å². The first-order valence-electron chi connectivity index (χ1n) is 4.35. The Balaban J connectivity index is 2.37. The van der Waals surface area contributed by atoms with Gasteiger partial charge in [-0.15, -0.1) is 0 Å². The van der Waals surface area contributed by atoms with Crippen LogP contribution < -0.4 is 10.1 Å². The number of nitrogens with zero attached hydrogens (tertiary/aromatic N) is 1. The van der Waals surface area contributed by atoms with Gasteiger partial charge in [0.05, 0.1) is 0 Å². The van der Waals surface area contributed by atoms with Gasteiger partial charge in [0, 0.05) is 6.20 Å². The maximum atomic E-state index is 11.0. The molecular weight excluding hydrogens is 180 g/mol. The molecule has 1 aliphatic heterocycles. The second-order valence-corrected chi connectivity index (χ2v) is 2.96. The van der Waals surface area contributed by atoms with Crippen molar-refractivity contribution in [1.29, 1.82) is 0 Å². The lowest BCUT2D eigenvalue weighted by atomic mass is 10.2. The van der Waals surface area contributed by atoms with Crippen LogP contribution in [-0.2, 0) is 4.79 Å². The van der Waals surface area contributed by atoms with Gasteiger partial charge >= 0.3 is 0 Å². The highest BCUT2D eigenvalue weighted by atomic mass is 16.5. The third-order valence-electron chi connectivity index (χ3n) is 1.85. The summed E-state index contributed by atoms with van der Waals surface area (Å²) in [7, 11) is 0. The van der Waals surface area contributed by atoms with Gasteiger partial charge in [0.15, 0.2) is 6.61 Å². The summed E-state index contributed by atoms with van der Waals surface area (Å²) in [6, 6.07) is 1.83. The Morgan fingerprint density at radius 1 is 1.64 bits per heavy atom. The molecule has 0 spiro atoms. The predicted octanol–water partition coefficient (Wildman–Crippen LogP) is 1.45. The second kappa shape index (κ2) is 3.49. The van der Waals surface area contributed by atoms with Crippen molar-refractivity contribution < 1.29 is 9.53 Å². The molecule has 2 rings (SSSR count). The van der Waals surface area contributed by atoms with E-state index in [9.17, 15) is 4.79 Å². The topological polar surface area (TPSA) is 51.2 Å². The molecule has 0 aliphatic carbocycles. The number of amides is 1. The highest BCUT2D eigenvalue weighted by molar-refractivity contribution is 5.95. The van der Waals surface area contributed by atoms with Crippen LogP contribution in [0.1, 0.15) is 12.5 Å². The smallest absolute Gasteiger partial charge is 0.262 e. The summed E-state index contributed by atoms with van der Waals surface area (Å²) in [5, 5.41) is 2.70. The van der Waals surface area contributed by atoms with Gasteiger partial charge in [0.2, 0.25) is 5.88 Å². The number of carbonyl (C=O) groups excluding carboxylic acids is 1. The fourth-order valence-corrected chi connectivity index (χ4v) is 1.28. The van der Waals surface area contributed by atoms with Gasteiger partial charge in [-0.2, -0.15) is 0 Å². The van der Waals surface area contributed by atoms with E-state index >= 15 is 0 Å². The average molecular weight is 190 g/mol. The van der Waals surface area contributed by atoms with Gasteiger partial charge in [0.1, 0.15) is 5.69 Å². The van der Waals surface area contributed by atoms with Crippen molar-refractivity contribution >= 4 is 17.7 Å². The number of allylic oxidation sites excluding steroid dienone is 1. The SMILES string of the molecule is C/C=C/c1cnc2c(c1)NC(=O)CO2. The van der Waals surface area contributed by atoms with E-state index in [4.69, 9.17) is 4.74 Å². The Morgan fingerprint density at radius 3 is 3.29 bits per heavy atom. The van der Waals surface area contributed by atoms with Crippen LogP contribution in [0.3, 0.4) is 0 Å². The van der Waals surface area contributed by atoms with Gasteiger partial charge in [-0.3, -0.25) is 4.79 Å². The summed E-state index contributed by atoms with van der Waals surface area (Å²) in [4.78, 5) is 15.1. The first-order valence-corrected chi connectivity index (χ1v) is 4.35. The molecule has 2 heterocycles. The Morgan fingerprint density at radius 2 is 2.50 bits per heavy atom. The molecule has 1 aromatic rings. The van der Waals surface area contributed by atoms with Crippen LogP contribution in [0.15, 0.2) is 18.3 Å². The van der Waals surface area contributed by atoms with E-state index in [0.29, 0.717) is 11.6 Å². The fraction of sp³-hybridized carbons (Fsp3) is 0.200. The molecule has 0 saturated heterocycles. The van der Waals surface area contributed by atoms with Crippen molar-refractivity contribution in [2.75, 3.05) is 11.9 Å². The zero-order valence-corrected chi connectivity index (χ0v) is 7.78. The van der Waals surface area contributed by atoms with Crippen molar-refractivity contribution in [3.05, 3.63) is 23.9 Å². The zero-order valence-electron chi connectivity index (χ0n) is 7.78. The molecular formula is C10H10N2O2. The van der Waals surface area contributed by atoms with Crippen LogP contribution in [0.25, 0.3) is 6.08 Å². The number of nitrogens with one attached hydrogen (secondary N) is 1. The molecule has 0 radical (unpaired) electrons. The first-order chi connectivity index (χ1) is 6.79. The monoisotopic (exact) mass is 190 g/mol. The molecule has 1 aliphatic rings. The Labute approximate surface area is 81.6 Å². The number of carbonyl (C=O) groups is 1. The number of aromatic nitrogens is 1. The number of hydrogen-bond acceptors (Lipinski definition) is 3. The van der Waals surface area contributed by atoms with Crippen LogP contribution in [0, 0.1) is 0 Å². The maximum Gasteiger partial charge on any atom is 0.262 e. The minimum Gasteiger partial charge on any atom is -0.466 e. The summed E-state index contributed by atoms with van der Waals surface area (Å²) in [5.74, 6) is 0.342. The molecule has 0 unspecified atom stereocenters. The van der Waals surface area contributed by atoms with Crippen LogP contribution in [-0.4, -0.2) is 17.5 Å². The van der Waals surface area contributed by atoms with Crippen LogP contribution in [0.2, 0.25) is 0 Å². The van der Waals surface area contributed by atoms with E-state index in [1.807, 2.05) is 25.1 Å². The highest BCUT2D eigenvalue weighted by Gasteiger charge is 2.16. The minimum absolute atomic E-state index is 0.0446. The van der Waals surface area contributed by atoms with Crippen LogP contribution in [0.4, 0.5) is 5.69 Å². The van der Waals surface area contributed by atoms with Crippen molar-refractivity contribution in [2.45, 2.75) is 6.92 Å². The lowest BCUT2D eigenvalue weighted by Crippen LogP contribution is -2.25. The highest BCUT2D eigenvalue weighted by Crippen LogP contribution is 2.25. The van der Waals surface area contributed by atoms with Crippen molar-refractivity contribution in [3.8, 4) is 5.88 Å². The summed E-state index contributed by atoms with van der Waals surface area (Å²) in [6.07, 6.45) is 5.53. The molecule has 0 saturated carbocycles. The molecule has 1 N–H and O–H groups in total. The lowest BCUT2D eigenvalue weighted by Gasteiger charge is -2.16. The summed E-state index contributed by atoms with van der Waals surface area (Å²) < 4.78 is 5.12. The van der Waals surface area contributed by atoms with E-state index in [-0.39, 0.29) is 12.5 Å². The summed E-state index contributed by atoms with van der Waals surface area (Å²) in [5.41, 5.74) is 1.58. The molecule has 1 aromatic heterocycles. The third-order valence-corrected chi connectivity index (χ3v) is 1.85. The van der Waals surface area contributed by atoms with E-state index < -0.39 is 0 Å². The van der Waals surface area contributed by atoms with Gasteiger partial charge in [-0.1, -0.05) is 12.2 Å². The molecule has 0 bridgehead atoms. The fourth-order valence-electron chi connectivity index (χ4n) is 1.28. The van der Waals surface area contributed by atoms with E-state index in [1.165, 1.54) is 0 Å². The average Bonchev–Trinajstić information content (AvgIpc) is 2.17. The van der Waals surface area contributed by atoms with Gasteiger partial charge in [-0.25, -0.2) is 4.98 Å². The van der Waals surface area contributed by atoms with Crippen LogP contribution in [0.5, 0.6) is 5.88 Å². The maximum absolute atomic E-state index is 11.0. The van der Waals surface area contributed by atoms with Crippen molar-refractivity contribution in [3.63, 3.8) is 0 Å². The van der Waals surface area contributed by atoms with Gasteiger partial charge in [-0.05, 0) is 18.6 Å². The molecule has 4 heteroatoms. The lowest BCUT2D eigenvalue weighted by molar-refractivity contribution is -0.118. The number of pyridine rings is 1. The Hall–Kier alpha value is -1.84. The quantitative estimate of drug-likeness (QED) is 0.729. The standard InChI is InChI=1S/C10H10N2O2/c1-2-3-7-4-8-10(11-5-7)14-6-9(13)12-8/h2-5H,6H2,1H3,(H,12,13)/b3-2+. The number of fused-ring (bicyclic) bond motifs is 1. The first kappa shape index (κ1) is 8.74. The van der Waals surface area contributed by atoms with E-state index in [0.717, 1.165) is 5.56 Å². The molecule has 0 atom stereocenters. The summed E-state index contributed by atoms with van der Waals surface area (Å²) >= 11 is 0. The number of rotatable bonds is 1. The predicted molar refractivity (Wildman–Crippen MR) is 53.1 cm³/mol. The van der Waals surface area contributed by atoms with Gasteiger partial charge in [0.25, 0.3) is 5.91 Å². The van der Waals surface area contributed by atoms with E-state index in [2.05, 4.69) is 10.3 Å². The Kier molecular flexibility index (Phi) is 2.18. The molecule has 0 fully saturated rings. The van der Waals surface area contributed by atoms with Crippen LogP contribution >= 0.6 is 0 Å². The Bertz CT molecular complexity index is 399. The van der Waals surface area contributed by atoms with Crippen molar-refractivity contribution in [1.82, 2.24) is 4.98 Å². The minimum atomic E-state index is -0.142. The van der Waals surface area contributed by atoms with Crippen molar-refractivity contribution in [2.24, 2.45) is 0 Å². The van der Waals surface area contributed by atoms with Gasteiger partial charge < -0.3 is 10.1 Å². The normalized spacial score (nSPS) is 14.8. The third kappa shape index (κ3) is 1.59. The zero-order chi connectivity index (χ0) is 9.97. The molecule has 14 heavy (non-hydrogen) atoms. The number of anilines is 1. The second-order valence-electron chi connectivity index (χ2n) is 2.96. The molecule has 72 valence electrons. The largest absolute Gasteiger partial charge is 0.466 e. The molecule has 1 amide bonds. The molecule has 4 nitrogen and oxygen atoms in total. The summed E-state index contributed by atoms with van der Waals surface area (Å²) in [6.45, 7) is 1.97. The number of ether oxygens (including phenoxy) is 1.